The van der Waals surface area contributed by atoms with Gasteiger partial charge in [-0.1, -0.05) is 19.9 Å². The lowest BCUT2D eigenvalue weighted by Crippen LogP contribution is -2.41. The van der Waals surface area contributed by atoms with Gasteiger partial charge in [0.1, 0.15) is 0 Å². The summed E-state index contributed by atoms with van der Waals surface area (Å²) in [6.07, 6.45) is 5.98. The van der Waals surface area contributed by atoms with E-state index in [1.807, 2.05) is 6.08 Å². The molecule has 2 heteroatoms. The van der Waals surface area contributed by atoms with E-state index in [0.29, 0.717) is 11.5 Å². The van der Waals surface area contributed by atoms with E-state index in [4.69, 9.17) is 0 Å². The van der Waals surface area contributed by atoms with Crippen molar-refractivity contribution in [1.82, 2.24) is 10.2 Å². The molecule has 1 aliphatic rings. The number of rotatable bonds is 5. The van der Waals surface area contributed by atoms with Gasteiger partial charge in [-0.05, 0) is 44.7 Å². The lowest BCUT2D eigenvalue weighted by Gasteiger charge is -2.28. The molecule has 2 nitrogen and oxygen atoms in total. The molecule has 94 valence electrons. The van der Waals surface area contributed by atoms with Crippen molar-refractivity contribution in [1.29, 1.82) is 0 Å². The summed E-state index contributed by atoms with van der Waals surface area (Å²) < 4.78 is 0. The monoisotopic (exact) mass is 224 g/mol. The summed E-state index contributed by atoms with van der Waals surface area (Å²) in [4.78, 5) is 2.63. The molecular formula is C14H28N2. The molecule has 1 saturated heterocycles. The van der Waals surface area contributed by atoms with Crippen LogP contribution in [0.3, 0.4) is 0 Å². The molecule has 0 saturated carbocycles. The van der Waals surface area contributed by atoms with Crippen LogP contribution in [0, 0.1) is 5.41 Å². The minimum atomic E-state index is 0.545. The average Bonchev–Trinajstić information content (AvgIpc) is 2.39. The van der Waals surface area contributed by atoms with E-state index in [9.17, 15) is 0 Å². The van der Waals surface area contributed by atoms with Crippen LogP contribution in [0.5, 0.6) is 0 Å². The van der Waals surface area contributed by atoms with Crippen LogP contribution in [-0.2, 0) is 0 Å². The van der Waals surface area contributed by atoms with E-state index in [-0.39, 0.29) is 0 Å². The highest BCUT2D eigenvalue weighted by molar-refractivity contribution is 4.80. The minimum Gasteiger partial charge on any atom is -0.312 e. The Morgan fingerprint density at radius 2 is 2.12 bits per heavy atom. The summed E-state index contributed by atoms with van der Waals surface area (Å²) in [7, 11) is 0. The first-order chi connectivity index (χ1) is 7.55. The summed E-state index contributed by atoms with van der Waals surface area (Å²) in [5, 5.41) is 3.41. The average molecular weight is 224 g/mol. The topological polar surface area (TPSA) is 15.3 Å². The molecule has 1 atom stereocenters. The molecule has 1 fully saturated rings. The Morgan fingerprint density at radius 3 is 2.81 bits per heavy atom. The fourth-order valence-corrected chi connectivity index (χ4v) is 2.41. The maximum Gasteiger partial charge on any atom is 0.0192 e. The van der Waals surface area contributed by atoms with E-state index in [2.05, 4.69) is 37.6 Å². The molecule has 0 aromatic carbocycles. The first kappa shape index (κ1) is 13.7. The highest BCUT2D eigenvalue weighted by atomic mass is 15.2. The van der Waals surface area contributed by atoms with Crippen LogP contribution in [0.1, 0.15) is 40.0 Å². The number of nitrogens with zero attached hydrogens (tertiary/aromatic N) is 1. The molecule has 1 unspecified atom stereocenters. The van der Waals surface area contributed by atoms with Gasteiger partial charge in [0, 0.05) is 19.1 Å². The van der Waals surface area contributed by atoms with Crippen molar-refractivity contribution in [2.24, 2.45) is 5.41 Å². The maximum atomic E-state index is 3.73. The lowest BCUT2D eigenvalue weighted by molar-refractivity contribution is 0.203. The fraction of sp³-hybridized carbons (Fsp3) is 0.857. The molecule has 16 heavy (non-hydrogen) atoms. The van der Waals surface area contributed by atoms with E-state index < -0.39 is 0 Å². The Bertz CT molecular complexity index is 211. The fourth-order valence-electron chi connectivity index (χ4n) is 2.41. The summed E-state index contributed by atoms with van der Waals surface area (Å²) >= 11 is 0. The first-order valence-corrected chi connectivity index (χ1v) is 6.61. The van der Waals surface area contributed by atoms with Crippen LogP contribution < -0.4 is 5.32 Å². The first-order valence-electron chi connectivity index (χ1n) is 6.61. The van der Waals surface area contributed by atoms with Crippen molar-refractivity contribution in [3.05, 3.63) is 12.7 Å². The van der Waals surface area contributed by atoms with Gasteiger partial charge in [-0.15, -0.1) is 6.58 Å². The zero-order chi connectivity index (χ0) is 12.0. The summed E-state index contributed by atoms with van der Waals surface area (Å²) in [5.41, 5.74) is 0.545. The molecule has 0 aliphatic carbocycles. The molecule has 0 radical (unpaired) electrons. The smallest absolute Gasteiger partial charge is 0.0192 e. The molecule has 1 rings (SSSR count). The largest absolute Gasteiger partial charge is 0.312 e. The van der Waals surface area contributed by atoms with E-state index in [0.717, 1.165) is 13.1 Å². The predicted molar refractivity (Wildman–Crippen MR) is 71.7 cm³/mol. The molecule has 0 aromatic rings. The van der Waals surface area contributed by atoms with Gasteiger partial charge in [-0.3, -0.25) is 4.90 Å². The molecule has 1 aliphatic heterocycles. The van der Waals surface area contributed by atoms with E-state index in [1.54, 1.807) is 0 Å². The number of hydrogen-bond donors (Lipinski definition) is 1. The molecular weight excluding hydrogens is 196 g/mol. The highest BCUT2D eigenvalue weighted by Crippen LogP contribution is 2.30. The van der Waals surface area contributed by atoms with Crippen LogP contribution in [0.15, 0.2) is 12.7 Å². The van der Waals surface area contributed by atoms with Crippen molar-refractivity contribution in [3.8, 4) is 0 Å². The highest BCUT2D eigenvalue weighted by Gasteiger charge is 2.24. The third-order valence-electron chi connectivity index (χ3n) is 3.73. The minimum absolute atomic E-state index is 0.545. The van der Waals surface area contributed by atoms with Gasteiger partial charge in [-0.25, -0.2) is 0 Å². The van der Waals surface area contributed by atoms with Crippen LogP contribution in [0.4, 0.5) is 0 Å². The number of nitrogens with one attached hydrogen (secondary N) is 1. The van der Waals surface area contributed by atoms with Crippen LogP contribution in [0.25, 0.3) is 0 Å². The maximum absolute atomic E-state index is 3.73. The quantitative estimate of drug-likeness (QED) is 0.570. The van der Waals surface area contributed by atoms with Crippen molar-refractivity contribution >= 4 is 0 Å². The van der Waals surface area contributed by atoms with Crippen molar-refractivity contribution in [2.75, 3.05) is 26.2 Å². The Labute approximate surface area is 101 Å². The molecule has 0 bridgehead atoms. The van der Waals surface area contributed by atoms with Gasteiger partial charge >= 0.3 is 0 Å². The van der Waals surface area contributed by atoms with Gasteiger partial charge in [0.15, 0.2) is 0 Å². The van der Waals surface area contributed by atoms with Crippen molar-refractivity contribution in [2.45, 2.75) is 46.1 Å². The Kier molecular flexibility index (Phi) is 5.50. The Hall–Kier alpha value is -0.340. The number of hydrogen-bond acceptors (Lipinski definition) is 2. The third kappa shape index (κ3) is 4.67. The van der Waals surface area contributed by atoms with Gasteiger partial charge in [0.25, 0.3) is 0 Å². The van der Waals surface area contributed by atoms with Crippen molar-refractivity contribution < 1.29 is 0 Å². The predicted octanol–water partition coefficient (Wildman–Crippen LogP) is 2.66. The molecule has 0 amide bonds. The summed E-state index contributed by atoms with van der Waals surface area (Å²) in [6, 6.07) is 0.647. The summed E-state index contributed by atoms with van der Waals surface area (Å²) in [6.45, 7) is 15.4. The van der Waals surface area contributed by atoms with Crippen LogP contribution in [-0.4, -0.2) is 37.1 Å². The van der Waals surface area contributed by atoms with Gasteiger partial charge in [-0.2, -0.15) is 0 Å². The van der Waals surface area contributed by atoms with Crippen LogP contribution in [0.2, 0.25) is 0 Å². The van der Waals surface area contributed by atoms with Gasteiger partial charge in [0.05, 0.1) is 0 Å². The third-order valence-corrected chi connectivity index (χ3v) is 3.73. The van der Waals surface area contributed by atoms with Crippen molar-refractivity contribution in [3.63, 3.8) is 0 Å². The van der Waals surface area contributed by atoms with E-state index in [1.165, 1.54) is 32.4 Å². The zero-order valence-corrected chi connectivity index (χ0v) is 11.3. The Morgan fingerprint density at radius 1 is 1.38 bits per heavy atom. The standard InChI is InChI=1S/C14H28N2/c1-5-9-15-12-13(2)16-10-6-7-14(3,4)8-11-16/h5,13,15H,1,6-12H2,2-4H3. The van der Waals surface area contributed by atoms with Crippen LogP contribution >= 0.6 is 0 Å². The molecule has 1 N–H and O–H groups in total. The van der Waals surface area contributed by atoms with E-state index >= 15 is 0 Å². The number of likely N-dealkylation sites (tertiary alicyclic amines) is 1. The second-order valence-corrected chi connectivity index (χ2v) is 5.85. The second-order valence-electron chi connectivity index (χ2n) is 5.85. The lowest BCUT2D eigenvalue weighted by atomic mass is 9.85. The normalized spacial score (nSPS) is 23.7. The molecule has 0 aromatic heterocycles. The molecule has 1 heterocycles. The zero-order valence-electron chi connectivity index (χ0n) is 11.3. The molecule has 0 spiro atoms. The Balaban J connectivity index is 2.33. The van der Waals surface area contributed by atoms with Gasteiger partial charge in [0.2, 0.25) is 0 Å². The van der Waals surface area contributed by atoms with Gasteiger partial charge < -0.3 is 5.32 Å². The second kappa shape index (κ2) is 6.41. The SMILES string of the molecule is C=CCNCC(C)N1CCCC(C)(C)CC1. The summed E-state index contributed by atoms with van der Waals surface area (Å²) in [5.74, 6) is 0.